The Balaban J connectivity index is 1.43. The molecular formula is C41H26N2S. The Morgan fingerprint density at radius 1 is 0.386 bits per heavy atom. The molecule has 0 atom stereocenters. The number of benzene rings is 6. The van der Waals surface area contributed by atoms with Gasteiger partial charge >= 0.3 is 0 Å². The largest absolute Gasteiger partial charge is 0.252 e. The second-order valence-corrected chi connectivity index (χ2v) is 12.4. The normalized spacial score (nSPS) is 13.5. The molecule has 0 bridgehead atoms. The van der Waals surface area contributed by atoms with E-state index in [9.17, 15) is 0 Å². The van der Waals surface area contributed by atoms with E-state index in [-0.39, 0.29) is 0 Å². The van der Waals surface area contributed by atoms with Crippen molar-refractivity contribution in [3.8, 4) is 44.8 Å². The standard InChI is InChI=1S/C41H26N2S/c1-2-12-27(13-3-1)41(35-18-8-10-20-37(35)44-38-21-11-9-19-36(38)41)28-22-23-31-29-14-4-6-16-32(29)39-40(43-25-24-42-39)33-17-7-5-15-30(33)34(31)26-28/h1-26H. The minimum absolute atomic E-state index is 0.497. The quantitative estimate of drug-likeness (QED) is 0.204. The molecule has 0 fully saturated rings. The van der Waals surface area contributed by atoms with E-state index in [0.717, 1.165) is 28.1 Å². The van der Waals surface area contributed by atoms with Gasteiger partial charge in [0.05, 0.1) is 16.8 Å². The van der Waals surface area contributed by atoms with Crippen molar-refractivity contribution in [2.24, 2.45) is 0 Å². The van der Waals surface area contributed by atoms with Gasteiger partial charge < -0.3 is 0 Å². The van der Waals surface area contributed by atoms with E-state index in [1.807, 2.05) is 11.8 Å². The van der Waals surface area contributed by atoms with E-state index < -0.39 is 5.41 Å². The number of hydrogen-bond acceptors (Lipinski definition) is 3. The summed E-state index contributed by atoms with van der Waals surface area (Å²) in [5.41, 5.74) is 13.4. The number of nitrogens with zero attached hydrogens (tertiary/aromatic N) is 2. The molecule has 7 aromatic rings. The highest BCUT2D eigenvalue weighted by atomic mass is 32.2. The molecule has 9 rings (SSSR count). The predicted molar refractivity (Wildman–Crippen MR) is 180 cm³/mol. The second-order valence-electron chi connectivity index (χ2n) is 11.3. The first-order chi connectivity index (χ1) is 21.8. The molecule has 3 heteroatoms. The lowest BCUT2D eigenvalue weighted by Crippen LogP contribution is -2.34. The Labute approximate surface area is 261 Å². The summed E-state index contributed by atoms with van der Waals surface area (Å²) in [6.45, 7) is 0. The van der Waals surface area contributed by atoms with E-state index >= 15 is 0 Å². The molecular weight excluding hydrogens is 553 g/mol. The Hall–Kier alpha value is -5.25. The maximum absolute atomic E-state index is 4.90. The van der Waals surface area contributed by atoms with Crippen LogP contribution >= 0.6 is 11.8 Å². The zero-order valence-electron chi connectivity index (χ0n) is 23.8. The third-order valence-corrected chi connectivity index (χ3v) is 10.3. The minimum atomic E-state index is -0.497. The van der Waals surface area contributed by atoms with Crippen LogP contribution in [0.2, 0.25) is 0 Å². The lowest BCUT2D eigenvalue weighted by Gasteiger charge is -2.42. The summed E-state index contributed by atoms with van der Waals surface area (Å²) in [6, 6.07) is 53.2. The number of hydrogen-bond donors (Lipinski definition) is 0. The Morgan fingerprint density at radius 3 is 1.48 bits per heavy atom. The predicted octanol–water partition coefficient (Wildman–Crippen LogP) is 10.3. The Kier molecular flexibility index (Phi) is 5.69. The van der Waals surface area contributed by atoms with E-state index in [1.165, 1.54) is 48.7 Å². The first-order valence-corrected chi connectivity index (χ1v) is 15.7. The fourth-order valence-electron chi connectivity index (χ4n) is 7.29. The van der Waals surface area contributed by atoms with E-state index in [0.29, 0.717) is 0 Å². The van der Waals surface area contributed by atoms with Gasteiger partial charge in [-0.2, -0.15) is 0 Å². The number of aromatic nitrogens is 2. The van der Waals surface area contributed by atoms with Gasteiger partial charge in [-0.15, -0.1) is 0 Å². The maximum atomic E-state index is 4.90. The zero-order chi connectivity index (χ0) is 29.1. The molecule has 2 nitrogen and oxygen atoms in total. The molecule has 0 unspecified atom stereocenters. The molecule has 0 saturated heterocycles. The summed E-state index contributed by atoms with van der Waals surface area (Å²) < 4.78 is 0. The molecule has 0 amide bonds. The van der Waals surface area contributed by atoms with Gasteiger partial charge in [0, 0.05) is 33.3 Å². The van der Waals surface area contributed by atoms with Crippen molar-refractivity contribution in [2.45, 2.75) is 15.2 Å². The van der Waals surface area contributed by atoms with Crippen molar-refractivity contribution in [1.29, 1.82) is 0 Å². The summed E-state index contributed by atoms with van der Waals surface area (Å²) in [4.78, 5) is 12.3. The van der Waals surface area contributed by atoms with Gasteiger partial charge in [0.15, 0.2) is 0 Å². The van der Waals surface area contributed by atoms with Gasteiger partial charge in [-0.25, -0.2) is 0 Å². The third-order valence-electron chi connectivity index (χ3n) is 9.10. The summed E-state index contributed by atoms with van der Waals surface area (Å²) in [5.74, 6) is 0. The summed E-state index contributed by atoms with van der Waals surface area (Å²) in [5, 5.41) is 0. The average molecular weight is 579 g/mol. The molecule has 0 radical (unpaired) electrons. The van der Waals surface area contributed by atoms with Crippen LogP contribution in [0.1, 0.15) is 22.3 Å². The van der Waals surface area contributed by atoms with Crippen LogP contribution in [0.5, 0.6) is 0 Å². The van der Waals surface area contributed by atoms with Gasteiger partial charge in [-0.1, -0.05) is 139 Å². The fraction of sp³-hybridized carbons (Fsp3) is 0.0244. The topological polar surface area (TPSA) is 25.8 Å². The SMILES string of the molecule is c1ccc(C2(c3ccc4c(c3)-c3ccccc3-c3nccnc3-c3ccccc3-4)c3ccccc3Sc3ccccc32)cc1. The highest BCUT2D eigenvalue weighted by Crippen LogP contribution is 2.57. The Morgan fingerprint density at radius 2 is 0.864 bits per heavy atom. The van der Waals surface area contributed by atoms with Crippen molar-refractivity contribution in [1.82, 2.24) is 9.97 Å². The van der Waals surface area contributed by atoms with Crippen LogP contribution in [0.3, 0.4) is 0 Å². The fourth-order valence-corrected chi connectivity index (χ4v) is 8.48. The smallest absolute Gasteiger partial charge is 0.0971 e. The minimum Gasteiger partial charge on any atom is -0.252 e. The molecule has 0 spiro atoms. The van der Waals surface area contributed by atoms with Crippen molar-refractivity contribution >= 4 is 11.8 Å². The monoisotopic (exact) mass is 578 g/mol. The summed E-state index contributed by atoms with van der Waals surface area (Å²) >= 11 is 1.87. The van der Waals surface area contributed by atoms with Gasteiger partial charge in [0.1, 0.15) is 0 Å². The molecule has 2 aliphatic rings. The van der Waals surface area contributed by atoms with Crippen molar-refractivity contribution in [3.63, 3.8) is 0 Å². The van der Waals surface area contributed by atoms with E-state index in [2.05, 4.69) is 146 Å². The molecule has 1 aliphatic carbocycles. The molecule has 206 valence electrons. The Bertz CT molecular complexity index is 2170. The van der Waals surface area contributed by atoms with Crippen molar-refractivity contribution < 1.29 is 0 Å². The molecule has 2 heterocycles. The second kappa shape index (κ2) is 9.90. The van der Waals surface area contributed by atoms with Gasteiger partial charge in [0.2, 0.25) is 0 Å². The lowest BCUT2D eigenvalue weighted by atomic mass is 9.64. The van der Waals surface area contributed by atoms with Crippen LogP contribution in [0.15, 0.2) is 168 Å². The number of fused-ring (bicyclic) bond motifs is 10. The van der Waals surface area contributed by atoms with Gasteiger partial charge in [0.25, 0.3) is 0 Å². The first kappa shape index (κ1) is 25.3. The average Bonchev–Trinajstić information content (AvgIpc) is 3.10. The molecule has 6 aromatic carbocycles. The number of rotatable bonds is 2. The molecule has 0 saturated carbocycles. The third kappa shape index (κ3) is 3.57. The van der Waals surface area contributed by atoms with Crippen LogP contribution in [0.4, 0.5) is 0 Å². The van der Waals surface area contributed by atoms with Crippen LogP contribution < -0.4 is 0 Å². The molecule has 1 aromatic heterocycles. The van der Waals surface area contributed by atoms with E-state index in [1.54, 1.807) is 12.4 Å². The van der Waals surface area contributed by atoms with Crippen LogP contribution in [0, 0.1) is 0 Å². The zero-order valence-corrected chi connectivity index (χ0v) is 24.6. The van der Waals surface area contributed by atoms with E-state index in [4.69, 9.17) is 9.97 Å². The molecule has 0 N–H and O–H groups in total. The highest BCUT2D eigenvalue weighted by molar-refractivity contribution is 7.99. The first-order valence-electron chi connectivity index (χ1n) is 14.9. The van der Waals surface area contributed by atoms with Crippen molar-refractivity contribution in [2.75, 3.05) is 0 Å². The molecule has 44 heavy (non-hydrogen) atoms. The molecule has 1 aliphatic heterocycles. The highest BCUT2D eigenvalue weighted by Gasteiger charge is 2.44. The van der Waals surface area contributed by atoms with Crippen molar-refractivity contribution in [3.05, 3.63) is 180 Å². The lowest BCUT2D eigenvalue weighted by molar-refractivity contribution is 0.703. The van der Waals surface area contributed by atoms with Gasteiger partial charge in [-0.05, 0) is 62.7 Å². The maximum Gasteiger partial charge on any atom is 0.0971 e. The summed E-state index contributed by atoms with van der Waals surface area (Å²) in [7, 11) is 0. The summed E-state index contributed by atoms with van der Waals surface area (Å²) in [6.07, 6.45) is 3.60. The van der Waals surface area contributed by atoms with Gasteiger partial charge in [-0.3, -0.25) is 9.97 Å². The van der Waals surface area contributed by atoms with Crippen LogP contribution in [-0.4, -0.2) is 9.97 Å². The van der Waals surface area contributed by atoms with Crippen LogP contribution in [0.25, 0.3) is 44.8 Å². The van der Waals surface area contributed by atoms with Crippen LogP contribution in [-0.2, 0) is 5.41 Å².